The molecule has 2 aromatic carbocycles. The highest BCUT2D eigenvalue weighted by atomic mass is 32.1. The van der Waals surface area contributed by atoms with E-state index in [9.17, 15) is 4.79 Å². The number of benzene rings is 2. The molecule has 0 bridgehead atoms. The van der Waals surface area contributed by atoms with E-state index in [0.29, 0.717) is 42.6 Å². The standard InChI is InChI=1S/C23H28N4O3S/c1-16(2)17-4-10-20(11-5-17)30-15-13-24-21(28)12-14-27-22(25-26-23(27)31)18-6-8-19(29-3)9-7-18/h4-11,16H,12-15H2,1-3H3,(H,24,28)(H,26,31). The lowest BCUT2D eigenvalue weighted by atomic mass is 10.0. The largest absolute Gasteiger partial charge is 0.497 e. The van der Waals surface area contributed by atoms with Crippen molar-refractivity contribution in [2.24, 2.45) is 0 Å². The fourth-order valence-corrected chi connectivity index (χ4v) is 3.32. The van der Waals surface area contributed by atoms with Gasteiger partial charge in [0.15, 0.2) is 10.6 Å². The van der Waals surface area contributed by atoms with Crippen molar-refractivity contribution in [3.63, 3.8) is 0 Å². The fourth-order valence-electron chi connectivity index (χ4n) is 3.10. The van der Waals surface area contributed by atoms with Gasteiger partial charge in [-0.15, -0.1) is 0 Å². The number of nitrogens with zero attached hydrogens (tertiary/aromatic N) is 2. The topological polar surface area (TPSA) is 81.2 Å². The van der Waals surface area contributed by atoms with Crippen LogP contribution in [-0.4, -0.2) is 40.9 Å². The van der Waals surface area contributed by atoms with E-state index in [2.05, 4.69) is 41.5 Å². The highest BCUT2D eigenvalue weighted by Gasteiger charge is 2.11. The summed E-state index contributed by atoms with van der Waals surface area (Å²) >= 11 is 5.33. The van der Waals surface area contributed by atoms with Gasteiger partial charge in [0.25, 0.3) is 0 Å². The first-order valence-electron chi connectivity index (χ1n) is 10.3. The predicted molar refractivity (Wildman–Crippen MR) is 123 cm³/mol. The molecule has 0 saturated carbocycles. The summed E-state index contributed by atoms with van der Waals surface area (Å²) in [5.74, 6) is 2.67. The number of hydrogen-bond acceptors (Lipinski definition) is 5. The van der Waals surface area contributed by atoms with Crippen LogP contribution in [0.1, 0.15) is 31.7 Å². The lowest BCUT2D eigenvalue weighted by Gasteiger charge is -2.10. The van der Waals surface area contributed by atoms with Crippen molar-refractivity contribution in [1.29, 1.82) is 0 Å². The zero-order chi connectivity index (χ0) is 22.2. The molecule has 0 aliphatic heterocycles. The van der Waals surface area contributed by atoms with Gasteiger partial charge < -0.3 is 14.8 Å². The molecular formula is C23H28N4O3S. The first-order chi connectivity index (χ1) is 15.0. The van der Waals surface area contributed by atoms with Gasteiger partial charge >= 0.3 is 0 Å². The van der Waals surface area contributed by atoms with E-state index >= 15 is 0 Å². The summed E-state index contributed by atoms with van der Waals surface area (Å²) in [4.78, 5) is 12.3. The Hall–Kier alpha value is -3.13. The number of rotatable bonds is 10. The SMILES string of the molecule is COc1ccc(-c2n[nH]c(=S)n2CCC(=O)NCCOc2ccc(C(C)C)cc2)cc1. The quantitative estimate of drug-likeness (QED) is 0.362. The van der Waals surface area contributed by atoms with E-state index < -0.39 is 0 Å². The van der Waals surface area contributed by atoms with Gasteiger partial charge in [0, 0.05) is 18.5 Å². The zero-order valence-corrected chi connectivity index (χ0v) is 18.9. The normalized spacial score (nSPS) is 10.8. The van der Waals surface area contributed by atoms with Crippen molar-refractivity contribution in [2.45, 2.75) is 32.7 Å². The van der Waals surface area contributed by atoms with Crippen LogP contribution in [0.25, 0.3) is 11.4 Å². The number of carbonyl (C=O) groups excluding carboxylic acids is 1. The Labute approximate surface area is 187 Å². The summed E-state index contributed by atoms with van der Waals surface area (Å²) in [5.41, 5.74) is 2.16. The van der Waals surface area contributed by atoms with E-state index in [1.807, 2.05) is 41.0 Å². The number of carbonyl (C=O) groups is 1. The van der Waals surface area contributed by atoms with Gasteiger partial charge in [-0.05, 0) is 60.1 Å². The number of amides is 1. The highest BCUT2D eigenvalue weighted by molar-refractivity contribution is 7.71. The molecule has 31 heavy (non-hydrogen) atoms. The maximum Gasteiger partial charge on any atom is 0.221 e. The van der Waals surface area contributed by atoms with Crippen LogP contribution in [0, 0.1) is 4.77 Å². The lowest BCUT2D eigenvalue weighted by molar-refractivity contribution is -0.121. The van der Waals surface area contributed by atoms with Crippen LogP contribution >= 0.6 is 12.2 Å². The lowest BCUT2D eigenvalue weighted by Crippen LogP contribution is -2.28. The van der Waals surface area contributed by atoms with Crippen LogP contribution < -0.4 is 14.8 Å². The second-order valence-electron chi connectivity index (χ2n) is 7.40. The minimum atomic E-state index is -0.0671. The van der Waals surface area contributed by atoms with E-state index in [1.54, 1.807) is 7.11 Å². The van der Waals surface area contributed by atoms with Gasteiger partial charge in [0.1, 0.15) is 18.1 Å². The van der Waals surface area contributed by atoms with Gasteiger partial charge in [0.2, 0.25) is 5.91 Å². The Bertz CT molecular complexity index is 1040. The van der Waals surface area contributed by atoms with Gasteiger partial charge in [-0.1, -0.05) is 26.0 Å². The molecule has 1 amide bonds. The predicted octanol–water partition coefficient (Wildman–Crippen LogP) is 4.32. The van der Waals surface area contributed by atoms with Crippen LogP contribution in [0.4, 0.5) is 0 Å². The summed E-state index contributed by atoms with van der Waals surface area (Å²) < 4.78 is 13.2. The monoisotopic (exact) mass is 440 g/mol. The van der Waals surface area contributed by atoms with Crippen molar-refractivity contribution >= 4 is 18.1 Å². The molecule has 3 aromatic rings. The third kappa shape index (κ3) is 6.18. The van der Waals surface area contributed by atoms with Gasteiger partial charge in [-0.25, -0.2) is 0 Å². The number of nitrogens with one attached hydrogen (secondary N) is 2. The van der Waals surface area contributed by atoms with Crippen LogP contribution in [0.5, 0.6) is 11.5 Å². The Morgan fingerprint density at radius 2 is 1.81 bits per heavy atom. The summed E-state index contributed by atoms with van der Waals surface area (Å²) in [5, 5.41) is 9.98. The first-order valence-corrected chi connectivity index (χ1v) is 10.7. The smallest absolute Gasteiger partial charge is 0.221 e. The van der Waals surface area contributed by atoms with Crippen molar-refractivity contribution < 1.29 is 14.3 Å². The fraction of sp³-hybridized carbons (Fsp3) is 0.348. The molecule has 1 aromatic heterocycles. The van der Waals surface area contributed by atoms with E-state index in [4.69, 9.17) is 21.7 Å². The molecule has 0 atom stereocenters. The molecule has 0 radical (unpaired) electrons. The molecule has 1 heterocycles. The van der Waals surface area contributed by atoms with E-state index in [1.165, 1.54) is 5.56 Å². The number of H-pyrrole nitrogens is 1. The molecule has 0 saturated heterocycles. The minimum absolute atomic E-state index is 0.0671. The Morgan fingerprint density at radius 3 is 2.45 bits per heavy atom. The number of aromatic nitrogens is 3. The molecule has 0 fully saturated rings. The molecule has 0 aliphatic carbocycles. The summed E-state index contributed by atoms with van der Waals surface area (Å²) in [6, 6.07) is 15.6. The highest BCUT2D eigenvalue weighted by Crippen LogP contribution is 2.21. The third-order valence-corrected chi connectivity index (χ3v) is 5.22. The minimum Gasteiger partial charge on any atom is -0.497 e. The van der Waals surface area contributed by atoms with Crippen molar-refractivity contribution in [3.8, 4) is 22.9 Å². The molecule has 0 unspecified atom stereocenters. The van der Waals surface area contributed by atoms with Gasteiger partial charge in [0.05, 0.1) is 13.7 Å². The second-order valence-corrected chi connectivity index (χ2v) is 7.79. The number of hydrogen-bond donors (Lipinski definition) is 2. The zero-order valence-electron chi connectivity index (χ0n) is 18.1. The number of aromatic amines is 1. The summed E-state index contributed by atoms with van der Waals surface area (Å²) in [6.07, 6.45) is 0.292. The third-order valence-electron chi connectivity index (χ3n) is 4.91. The molecule has 2 N–H and O–H groups in total. The number of methoxy groups -OCH3 is 1. The average molecular weight is 441 g/mol. The van der Waals surface area contributed by atoms with Crippen molar-refractivity contribution in [1.82, 2.24) is 20.1 Å². The first kappa shape index (κ1) is 22.6. The molecule has 0 spiro atoms. The Balaban J connectivity index is 1.46. The van der Waals surface area contributed by atoms with Crippen LogP contribution in [-0.2, 0) is 11.3 Å². The molecule has 8 heteroatoms. The molecule has 7 nitrogen and oxygen atoms in total. The van der Waals surface area contributed by atoms with Crippen LogP contribution in [0.2, 0.25) is 0 Å². The molecule has 164 valence electrons. The molecule has 3 rings (SSSR count). The molecular weight excluding hydrogens is 412 g/mol. The van der Waals surface area contributed by atoms with Gasteiger partial charge in [-0.2, -0.15) is 5.10 Å². The number of ether oxygens (including phenoxy) is 2. The van der Waals surface area contributed by atoms with Crippen molar-refractivity contribution in [2.75, 3.05) is 20.3 Å². The van der Waals surface area contributed by atoms with Crippen LogP contribution in [0.3, 0.4) is 0 Å². The maximum absolute atomic E-state index is 12.3. The van der Waals surface area contributed by atoms with E-state index in [-0.39, 0.29) is 5.91 Å². The van der Waals surface area contributed by atoms with Crippen LogP contribution in [0.15, 0.2) is 48.5 Å². The Kier molecular flexibility index (Phi) is 7.83. The van der Waals surface area contributed by atoms with Crippen molar-refractivity contribution in [3.05, 3.63) is 58.9 Å². The van der Waals surface area contributed by atoms with E-state index in [0.717, 1.165) is 17.1 Å². The van der Waals surface area contributed by atoms with Gasteiger partial charge in [-0.3, -0.25) is 14.5 Å². The molecule has 0 aliphatic rings. The average Bonchev–Trinajstić information content (AvgIpc) is 3.16. The maximum atomic E-state index is 12.3. The Morgan fingerprint density at radius 1 is 1.13 bits per heavy atom. The summed E-state index contributed by atoms with van der Waals surface area (Å²) in [7, 11) is 1.62. The second kappa shape index (κ2) is 10.8. The summed E-state index contributed by atoms with van der Waals surface area (Å²) in [6.45, 7) is 5.59.